The van der Waals surface area contributed by atoms with Crippen LogP contribution in [0.25, 0.3) is 0 Å². The highest BCUT2D eigenvalue weighted by atomic mass is 35.5. The number of aromatic nitrogens is 1. The number of hydrogen-bond acceptors (Lipinski definition) is 4. The van der Waals surface area contributed by atoms with Crippen molar-refractivity contribution in [3.05, 3.63) is 47.1 Å². The zero-order chi connectivity index (χ0) is 13.7. The highest BCUT2D eigenvalue weighted by Gasteiger charge is 2.01. The second kappa shape index (κ2) is 6.29. The molecule has 19 heavy (non-hydrogen) atoms. The number of anilines is 1. The molecule has 0 saturated heterocycles. The molecule has 100 valence electrons. The Labute approximate surface area is 117 Å². The quantitative estimate of drug-likeness (QED) is 0.879. The predicted octanol–water partition coefficient (Wildman–Crippen LogP) is 3.45. The van der Waals surface area contributed by atoms with Crippen LogP contribution in [0.3, 0.4) is 0 Å². The van der Waals surface area contributed by atoms with E-state index in [4.69, 9.17) is 16.3 Å². The summed E-state index contributed by atoms with van der Waals surface area (Å²) < 4.78 is 5.27. The van der Waals surface area contributed by atoms with Crippen molar-refractivity contribution in [3.8, 4) is 11.6 Å². The van der Waals surface area contributed by atoms with Gasteiger partial charge >= 0.3 is 0 Å². The fraction of sp³-hybridized carbons (Fsp3) is 0.214. The molecule has 0 aliphatic rings. The third kappa shape index (κ3) is 3.76. The number of nitrogens with one attached hydrogen (secondary N) is 1. The summed E-state index contributed by atoms with van der Waals surface area (Å²) in [6, 6.07) is 8.84. The largest absolute Gasteiger partial charge is 0.506 e. The molecule has 2 N–H and O–H groups in total. The van der Waals surface area contributed by atoms with Crippen LogP contribution in [0.1, 0.15) is 12.5 Å². The van der Waals surface area contributed by atoms with Crippen molar-refractivity contribution >= 4 is 17.3 Å². The number of rotatable bonds is 5. The molecule has 2 rings (SSSR count). The molecular weight excluding hydrogens is 264 g/mol. The van der Waals surface area contributed by atoms with E-state index in [2.05, 4.69) is 10.3 Å². The van der Waals surface area contributed by atoms with Crippen LogP contribution in [-0.4, -0.2) is 16.7 Å². The first kappa shape index (κ1) is 13.5. The van der Waals surface area contributed by atoms with E-state index in [0.29, 0.717) is 24.1 Å². The smallest absolute Gasteiger partial charge is 0.213 e. The number of phenolic OH excluding ortho intramolecular Hbond substituents is 1. The van der Waals surface area contributed by atoms with E-state index in [-0.39, 0.29) is 5.75 Å². The fourth-order valence-corrected chi connectivity index (χ4v) is 1.79. The average Bonchev–Trinajstić information content (AvgIpc) is 2.42. The molecular formula is C14H15ClN2O2. The summed E-state index contributed by atoms with van der Waals surface area (Å²) in [5.41, 5.74) is 1.88. The van der Waals surface area contributed by atoms with Crippen molar-refractivity contribution in [2.24, 2.45) is 0 Å². The second-order valence-corrected chi connectivity index (χ2v) is 4.36. The van der Waals surface area contributed by atoms with Crippen molar-refractivity contribution in [3.63, 3.8) is 0 Å². The lowest BCUT2D eigenvalue weighted by molar-refractivity contribution is 0.327. The van der Waals surface area contributed by atoms with Gasteiger partial charge in [0.1, 0.15) is 5.75 Å². The van der Waals surface area contributed by atoms with Crippen LogP contribution in [0.15, 0.2) is 36.5 Å². The van der Waals surface area contributed by atoms with E-state index in [1.54, 1.807) is 18.3 Å². The number of pyridine rings is 1. The van der Waals surface area contributed by atoms with Gasteiger partial charge in [0.05, 0.1) is 23.5 Å². The van der Waals surface area contributed by atoms with Gasteiger partial charge in [-0.2, -0.15) is 0 Å². The number of benzene rings is 1. The fourth-order valence-electron chi connectivity index (χ4n) is 1.58. The van der Waals surface area contributed by atoms with Gasteiger partial charge in [0.25, 0.3) is 0 Å². The molecule has 0 amide bonds. The molecule has 2 aromatic rings. The third-order valence-corrected chi connectivity index (χ3v) is 2.84. The third-order valence-electron chi connectivity index (χ3n) is 2.54. The highest BCUT2D eigenvalue weighted by molar-refractivity contribution is 6.32. The van der Waals surface area contributed by atoms with Crippen LogP contribution in [-0.2, 0) is 6.54 Å². The van der Waals surface area contributed by atoms with Gasteiger partial charge in [-0.25, -0.2) is 4.98 Å². The molecule has 0 fully saturated rings. The van der Waals surface area contributed by atoms with Gasteiger partial charge in [-0.1, -0.05) is 17.7 Å². The Kier molecular flexibility index (Phi) is 4.47. The number of halogens is 1. The first-order valence-electron chi connectivity index (χ1n) is 5.99. The van der Waals surface area contributed by atoms with Gasteiger partial charge in [0.15, 0.2) is 0 Å². The zero-order valence-corrected chi connectivity index (χ0v) is 11.3. The molecule has 0 aliphatic carbocycles. The standard InChI is InChI=1S/C14H15ClN2O2/c1-2-19-14-6-4-11(9-17-14)16-8-10-3-5-13(18)12(15)7-10/h3-7,9,16,18H,2,8H2,1H3. The van der Waals surface area contributed by atoms with Crippen molar-refractivity contribution < 1.29 is 9.84 Å². The Morgan fingerprint density at radius 3 is 2.79 bits per heavy atom. The number of nitrogens with zero attached hydrogens (tertiary/aromatic N) is 1. The Bertz CT molecular complexity index is 544. The molecule has 0 unspecified atom stereocenters. The molecule has 1 heterocycles. The van der Waals surface area contributed by atoms with E-state index in [1.807, 2.05) is 25.1 Å². The summed E-state index contributed by atoms with van der Waals surface area (Å²) in [7, 11) is 0. The minimum atomic E-state index is 0.0909. The minimum Gasteiger partial charge on any atom is -0.506 e. The lowest BCUT2D eigenvalue weighted by Crippen LogP contribution is -2.00. The summed E-state index contributed by atoms with van der Waals surface area (Å²) in [6.07, 6.45) is 1.72. The maximum Gasteiger partial charge on any atom is 0.213 e. The maximum atomic E-state index is 9.33. The predicted molar refractivity (Wildman–Crippen MR) is 75.8 cm³/mol. The molecule has 1 aromatic heterocycles. The Hall–Kier alpha value is -1.94. The van der Waals surface area contributed by atoms with Crippen LogP contribution in [0.5, 0.6) is 11.6 Å². The van der Waals surface area contributed by atoms with Crippen LogP contribution in [0, 0.1) is 0 Å². The normalized spacial score (nSPS) is 10.2. The maximum absolute atomic E-state index is 9.33. The molecule has 0 radical (unpaired) electrons. The molecule has 0 aliphatic heterocycles. The number of hydrogen-bond donors (Lipinski definition) is 2. The minimum absolute atomic E-state index is 0.0909. The van der Waals surface area contributed by atoms with Crippen LogP contribution in [0.2, 0.25) is 5.02 Å². The molecule has 1 aromatic carbocycles. The average molecular weight is 279 g/mol. The Morgan fingerprint density at radius 1 is 1.32 bits per heavy atom. The second-order valence-electron chi connectivity index (χ2n) is 3.96. The molecule has 4 nitrogen and oxygen atoms in total. The number of ether oxygens (including phenoxy) is 1. The molecule has 0 saturated carbocycles. The van der Waals surface area contributed by atoms with E-state index in [0.717, 1.165) is 11.3 Å². The summed E-state index contributed by atoms with van der Waals surface area (Å²) in [5.74, 6) is 0.703. The first-order chi connectivity index (χ1) is 9.19. The lowest BCUT2D eigenvalue weighted by Gasteiger charge is -2.08. The first-order valence-corrected chi connectivity index (χ1v) is 6.37. The lowest BCUT2D eigenvalue weighted by atomic mass is 10.2. The Balaban J connectivity index is 1.96. The molecule has 0 atom stereocenters. The Morgan fingerprint density at radius 2 is 2.16 bits per heavy atom. The summed E-state index contributed by atoms with van der Waals surface area (Å²) >= 11 is 5.84. The van der Waals surface area contributed by atoms with Gasteiger partial charge in [0.2, 0.25) is 5.88 Å². The monoisotopic (exact) mass is 278 g/mol. The van der Waals surface area contributed by atoms with E-state index >= 15 is 0 Å². The van der Waals surface area contributed by atoms with Crippen molar-refractivity contribution in [1.82, 2.24) is 4.98 Å². The van der Waals surface area contributed by atoms with E-state index in [1.165, 1.54) is 0 Å². The summed E-state index contributed by atoms with van der Waals surface area (Å²) in [6.45, 7) is 3.13. The number of aromatic hydroxyl groups is 1. The molecule has 0 spiro atoms. The molecule has 0 bridgehead atoms. The SMILES string of the molecule is CCOc1ccc(NCc2ccc(O)c(Cl)c2)cn1. The topological polar surface area (TPSA) is 54.4 Å². The van der Waals surface area contributed by atoms with Crippen molar-refractivity contribution in [2.45, 2.75) is 13.5 Å². The van der Waals surface area contributed by atoms with Gasteiger partial charge in [0, 0.05) is 12.6 Å². The zero-order valence-electron chi connectivity index (χ0n) is 10.6. The van der Waals surface area contributed by atoms with Crippen LogP contribution >= 0.6 is 11.6 Å². The summed E-state index contributed by atoms with van der Waals surface area (Å²) in [4.78, 5) is 4.16. The number of phenols is 1. The summed E-state index contributed by atoms with van der Waals surface area (Å²) in [5, 5.41) is 12.9. The van der Waals surface area contributed by atoms with Crippen molar-refractivity contribution in [2.75, 3.05) is 11.9 Å². The highest BCUT2D eigenvalue weighted by Crippen LogP contribution is 2.24. The molecule has 5 heteroatoms. The van der Waals surface area contributed by atoms with Gasteiger partial charge in [-0.05, 0) is 30.7 Å². The van der Waals surface area contributed by atoms with E-state index in [9.17, 15) is 5.11 Å². The van der Waals surface area contributed by atoms with Gasteiger partial charge in [-0.3, -0.25) is 0 Å². The van der Waals surface area contributed by atoms with Gasteiger partial charge < -0.3 is 15.2 Å². The van der Waals surface area contributed by atoms with Crippen molar-refractivity contribution in [1.29, 1.82) is 0 Å². The van der Waals surface area contributed by atoms with Crippen LogP contribution in [0.4, 0.5) is 5.69 Å². The van der Waals surface area contributed by atoms with E-state index < -0.39 is 0 Å². The van der Waals surface area contributed by atoms with Gasteiger partial charge in [-0.15, -0.1) is 0 Å². The van der Waals surface area contributed by atoms with Crippen LogP contribution < -0.4 is 10.1 Å².